The lowest BCUT2D eigenvalue weighted by atomic mass is 10.0. The molecule has 0 N–H and O–H groups in total. The number of aromatic nitrogens is 1. The second-order valence-corrected chi connectivity index (χ2v) is 3.76. The first-order valence-corrected chi connectivity index (χ1v) is 5.13. The zero-order chi connectivity index (χ0) is 10.1. The van der Waals surface area contributed by atoms with E-state index in [9.17, 15) is 0 Å². The molecule has 72 valence electrons. The first kappa shape index (κ1) is 8.42. The molecule has 0 spiro atoms. The average Bonchev–Trinajstić information content (AvgIpc) is 2.74. The summed E-state index contributed by atoms with van der Waals surface area (Å²) in [5.41, 5.74) is 5.12. The second kappa shape index (κ2) is 3.35. The van der Waals surface area contributed by atoms with Crippen molar-refractivity contribution in [2.75, 3.05) is 0 Å². The summed E-state index contributed by atoms with van der Waals surface area (Å²) in [5, 5.41) is 0. The predicted octanol–water partition coefficient (Wildman–Crippen LogP) is 3.18. The molecule has 0 atom stereocenters. The Labute approximate surface area is 89.1 Å². The fourth-order valence-corrected chi connectivity index (χ4v) is 1.99. The smallest absolute Gasteiger partial charge is 0.0668 e. The minimum Gasteiger partial charge on any atom is -0.257 e. The molecule has 1 aromatic carbocycles. The Morgan fingerprint density at radius 2 is 1.80 bits per heavy atom. The molecule has 1 aliphatic carbocycles. The Bertz CT molecular complexity index is 512. The fourth-order valence-electron chi connectivity index (χ4n) is 1.99. The molecule has 1 aliphatic rings. The van der Waals surface area contributed by atoms with E-state index in [1.54, 1.807) is 0 Å². The lowest BCUT2D eigenvalue weighted by Crippen LogP contribution is -1.85. The molecule has 0 bridgehead atoms. The van der Waals surface area contributed by atoms with Crippen LogP contribution >= 0.6 is 0 Å². The van der Waals surface area contributed by atoms with Gasteiger partial charge in [-0.3, -0.25) is 4.98 Å². The highest BCUT2D eigenvalue weighted by Crippen LogP contribution is 2.29. The molecule has 0 unspecified atom stereocenters. The van der Waals surface area contributed by atoms with Gasteiger partial charge < -0.3 is 0 Å². The summed E-state index contributed by atoms with van der Waals surface area (Å²) in [6.45, 7) is 0. The first-order chi connectivity index (χ1) is 7.43. The van der Waals surface area contributed by atoms with E-state index in [4.69, 9.17) is 0 Å². The third kappa shape index (κ3) is 1.46. The topological polar surface area (TPSA) is 12.9 Å². The Morgan fingerprint density at radius 3 is 2.60 bits per heavy atom. The molecule has 0 saturated carbocycles. The number of benzene rings is 1. The van der Waals surface area contributed by atoms with Crippen molar-refractivity contribution in [1.82, 2.24) is 4.98 Å². The predicted molar refractivity (Wildman–Crippen MR) is 62.3 cm³/mol. The molecule has 1 heterocycles. The van der Waals surface area contributed by atoms with Gasteiger partial charge in [0.05, 0.1) is 5.69 Å². The third-order valence-electron chi connectivity index (χ3n) is 2.76. The molecule has 0 amide bonds. The van der Waals surface area contributed by atoms with Gasteiger partial charge in [0, 0.05) is 12.6 Å². The molecular weight excluding hydrogens is 182 g/mol. The number of rotatable bonds is 1. The van der Waals surface area contributed by atoms with Crippen molar-refractivity contribution >= 4 is 11.6 Å². The SMILES string of the molecule is C1=C(c2ccccc2)Cc2cccnc21. The lowest BCUT2D eigenvalue weighted by Gasteiger charge is -2.00. The minimum absolute atomic E-state index is 1.01. The van der Waals surface area contributed by atoms with Gasteiger partial charge in [-0.15, -0.1) is 0 Å². The summed E-state index contributed by atoms with van der Waals surface area (Å²) >= 11 is 0. The molecule has 1 aromatic heterocycles. The van der Waals surface area contributed by atoms with Crippen LogP contribution in [0.2, 0.25) is 0 Å². The van der Waals surface area contributed by atoms with Crippen LogP contribution < -0.4 is 0 Å². The van der Waals surface area contributed by atoms with Gasteiger partial charge in [-0.2, -0.15) is 0 Å². The van der Waals surface area contributed by atoms with Crippen LogP contribution in [0.5, 0.6) is 0 Å². The van der Waals surface area contributed by atoms with E-state index in [0.29, 0.717) is 0 Å². The van der Waals surface area contributed by atoms with Gasteiger partial charge in [-0.05, 0) is 28.8 Å². The zero-order valence-corrected chi connectivity index (χ0v) is 8.35. The van der Waals surface area contributed by atoms with E-state index >= 15 is 0 Å². The minimum atomic E-state index is 1.01. The molecule has 2 aromatic rings. The van der Waals surface area contributed by atoms with Crippen LogP contribution in [0.3, 0.4) is 0 Å². The maximum absolute atomic E-state index is 4.36. The molecule has 0 radical (unpaired) electrons. The van der Waals surface area contributed by atoms with E-state index < -0.39 is 0 Å². The van der Waals surface area contributed by atoms with Gasteiger partial charge in [0.15, 0.2) is 0 Å². The van der Waals surface area contributed by atoms with Crippen molar-refractivity contribution in [3.8, 4) is 0 Å². The van der Waals surface area contributed by atoms with Gasteiger partial charge >= 0.3 is 0 Å². The number of pyridine rings is 1. The monoisotopic (exact) mass is 193 g/mol. The highest BCUT2D eigenvalue weighted by molar-refractivity contribution is 5.87. The van der Waals surface area contributed by atoms with Crippen LogP contribution in [0.1, 0.15) is 16.8 Å². The molecular formula is C14H11N. The number of hydrogen-bond donors (Lipinski definition) is 0. The summed E-state index contributed by atoms with van der Waals surface area (Å²) in [5.74, 6) is 0. The summed E-state index contributed by atoms with van der Waals surface area (Å²) in [4.78, 5) is 4.36. The maximum atomic E-state index is 4.36. The average molecular weight is 193 g/mol. The Kier molecular flexibility index (Phi) is 1.88. The Balaban J connectivity index is 2.02. The fraction of sp³-hybridized carbons (Fsp3) is 0.0714. The van der Waals surface area contributed by atoms with Crippen molar-refractivity contribution in [3.05, 3.63) is 65.5 Å². The van der Waals surface area contributed by atoms with Gasteiger partial charge in [-0.1, -0.05) is 36.4 Å². The summed E-state index contributed by atoms with van der Waals surface area (Å²) in [6.07, 6.45) is 5.04. The lowest BCUT2D eigenvalue weighted by molar-refractivity contribution is 1.21. The van der Waals surface area contributed by atoms with Crippen LogP contribution in [0.4, 0.5) is 0 Å². The highest BCUT2D eigenvalue weighted by atomic mass is 14.7. The third-order valence-corrected chi connectivity index (χ3v) is 2.76. The van der Waals surface area contributed by atoms with E-state index in [2.05, 4.69) is 41.4 Å². The normalized spacial score (nSPS) is 13.5. The van der Waals surface area contributed by atoms with Crippen LogP contribution in [0, 0.1) is 0 Å². The van der Waals surface area contributed by atoms with Crippen molar-refractivity contribution in [3.63, 3.8) is 0 Å². The van der Waals surface area contributed by atoms with Crippen LogP contribution in [0.15, 0.2) is 48.7 Å². The summed E-state index contributed by atoms with van der Waals surface area (Å²) < 4.78 is 0. The largest absolute Gasteiger partial charge is 0.257 e. The zero-order valence-electron chi connectivity index (χ0n) is 8.35. The molecule has 0 fully saturated rings. The van der Waals surface area contributed by atoms with Crippen molar-refractivity contribution in [1.29, 1.82) is 0 Å². The van der Waals surface area contributed by atoms with E-state index in [1.807, 2.05) is 18.3 Å². The quantitative estimate of drug-likeness (QED) is 0.677. The summed E-state index contributed by atoms with van der Waals surface area (Å²) in [6, 6.07) is 14.6. The van der Waals surface area contributed by atoms with Gasteiger partial charge in [0.25, 0.3) is 0 Å². The van der Waals surface area contributed by atoms with E-state index in [0.717, 1.165) is 12.1 Å². The standard InChI is InChI=1S/C14H11N/c1-2-5-11(6-3-1)13-9-12-7-4-8-15-14(12)10-13/h1-8,10H,9H2. The molecule has 1 nitrogen and oxygen atoms in total. The first-order valence-electron chi connectivity index (χ1n) is 5.13. The Hall–Kier alpha value is -1.89. The second-order valence-electron chi connectivity index (χ2n) is 3.76. The van der Waals surface area contributed by atoms with Crippen LogP contribution in [0.25, 0.3) is 11.6 Å². The number of nitrogens with zero attached hydrogens (tertiary/aromatic N) is 1. The van der Waals surface area contributed by atoms with Crippen molar-refractivity contribution < 1.29 is 0 Å². The molecule has 0 aliphatic heterocycles. The molecule has 3 rings (SSSR count). The van der Waals surface area contributed by atoms with E-state index in [-0.39, 0.29) is 0 Å². The highest BCUT2D eigenvalue weighted by Gasteiger charge is 2.13. The van der Waals surface area contributed by atoms with Crippen LogP contribution in [-0.2, 0) is 6.42 Å². The van der Waals surface area contributed by atoms with Gasteiger partial charge in [0.1, 0.15) is 0 Å². The Morgan fingerprint density at radius 1 is 0.933 bits per heavy atom. The van der Waals surface area contributed by atoms with Crippen molar-refractivity contribution in [2.24, 2.45) is 0 Å². The van der Waals surface area contributed by atoms with Gasteiger partial charge in [-0.25, -0.2) is 0 Å². The molecule has 0 saturated heterocycles. The van der Waals surface area contributed by atoms with Gasteiger partial charge in [0.2, 0.25) is 0 Å². The summed E-state index contributed by atoms with van der Waals surface area (Å²) in [7, 11) is 0. The van der Waals surface area contributed by atoms with Crippen LogP contribution in [-0.4, -0.2) is 4.98 Å². The van der Waals surface area contributed by atoms with Crippen molar-refractivity contribution in [2.45, 2.75) is 6.42 Å². The number of allylic oxidation sites excluding steroid dienone is 1. The van der Waals surface area contributed by atoms with E-state index in [1.165, 1.54) is 16.7 Å². The maximum Gasteiger partial charge on any atom is 0.0668 e. The number of hydrogen-bond acceptors (Lipinski definition) is 1. The molecule has 15 heavy (non-hydrogen) atoms. The number of fused-ring (bicyclic) bond motifs is 1. The molecule has 1 heteroatoms.